The van der Waals surface area contributed by atoms with E-state index in [-0.39, 0.29) is 17.4 Å². The van der Waals surface area contributed by atoms with Gasteiger partial charge in [-0.05, 0) is 37.0 Å². The lowest BCUT2D eigenvalue weighted by molar-refractivity contribution is -0.129. The standard InChI is InChI=1S/C16H22F2N2O4/c1-22-12-3-2-11(10-13(12)24-15(17)18)4-7-20-14(21)16(19)5-8-23-9-6-16/h2-3,10,15H,4-9,19H2,1H3,(H,20,21). The van der Waals surface area contributed by atoms with E-state index in [2.05, 4.69) is 10.1 Å². The number of halogens is 2. The fourth-order valence-corrected chi connectivity index (χ4v) is 2.52. The van der Waals surface area contributed by atoms with Crippen LogP contribution in [0.25, 0.3) is 0 Å². The van der Waals surface area contributed by atoms with Gasteiger partial charge >= 0.3 is 6.61 Å². The molecule has 24 heavy (non-hydrogen) atoms. The Labute approximate surface area is 139 Å². The van der Waals surface area contributed by atoms with Gasteiger partial charge in [0.1, 0.15) is 0 Å². The van der Waals surface area contributed by atoms with Gasteiger partial charge in [0.2, 0.25) is 5.91 Å². The van der Waals surface area contributed by atoms with E-state index in [4.69, 9.17) is 15.2 Å². The highest BCUT2D eigenvalue weighted by Gasteiger charge is 2.35. The minimum Gasteiger partial charge on any atom is -0.493 e. The third-order valence-electron chi connectivity index (χ3n) is 3.98. The van der Waals surface area contributed by atoms with E-state index in [0.717, 1.165) is 5.56 Å². The molecule has 3 N–H and O–H groups in total. The molecule has 1 saturated heterocycles. The predicted octanol–water partition coefficient (Wildman–Crippen LogP) is 1.46. The third kappa shape index (κ3) is 4.78. The first kappa shape index (κ1) is 18.4. The summed E-state index contributed by atoms with van der Waals surface area (Å²) in [4.78, 5) is 12.2. The summed E-state index contributed by atoms with van der Waals surface area (Å²) in [6.07, 6.45) is 1.42. The molecule has 1 aliphatic rings. The number of methoxy groups -OCH3 is 1. The molecule has 0 spiro atoms. The van der Waals surface area contributed by atoms with Crippen LogP contribution in [-0.4, -0.2) is 44.9 Å². The molecule has 8 heteroatoms. The second-order valence-corrected chi connectivity index (χ2v) is 5.64. The van der Waals surface area contributed by atoms with Crippen LogP contribution in [0.1, 0.15) is 18.4 Å². The molecule has 1 aromatic rings. The second kappa shape index (κ2) is 8.25. The van der Waals surface area contributed by atoms with Crippen LogP contribution in [0.3, 0.4) is 0 Å². The maximum absolute atomic E-state index is 12.4. The molecule has 1 aromatic carbocycles. The fraction of sp³-hybridized carbons (Fsp3) is 0.562. The quantitative estimate of drug-likeness (QED) is 0.783. The van der Waals surface area contributed by atoms with Crippen molar-refractivity contribution in [3.8, 4) is 11.5 Å². The lowest BCUT2D eigenvalue weighted by Gasteiger charge is -2.31. The van der Waals surface area contributed by atoms with Gasteiger partial charge in [-0.25, -0.2) is 0 Å². The van der Waals surface area contributed by atoms with Crippen LogP contribution in [0.5, 0.6) is 11.5 Å². The Hall–Kier alpha value is -1.93. The van der Waals surface area contributed by atoms with Crippen LogP contribution < -0.4 is 20.5 Å². The molecule has 1 aliphatic heterocycles. The summed E-state index contributed by atoms with van der Waals surface area (Å²) >= 11 is 0. The van der Waals surface area contributed by atoms with Crippen molar-refractivity contribution in [2.75, 3.05) is 26.9 Å². The summed E-state index contributed by atoms with van der Waals surface area (Å²) in [7, 11) is 1.38. The van der Waals surface area contributed by atoms with Crippen molar-refractivity contribution in [2.45, 2.75) is 31.4 Å². The number of rotatable bonds is 7. The second-order valence-electron chi connectivity index (χ2n) is 5.64. The van der Waals surface area contributed by atoms with Crippen LogP contribution in [0.15, 0.2) is 18.2 Å². The molecule has 0 unspecified atom stereocenters. The predicted molar refractivity (Wildman–Crippen MR) is 83.3 cm³/mol. The van der Waals surface area contributed by atoms with Gasteiger partial charge in [-0.3, -0.25) is 4.79 Å². The Bertz CT molecular complexity index is 563. The monoisotopic (exact) mass is 344 g/mol. The number of benzene rings is 1. The minimum absolute atomic E-state index is 0.0314. The van der Waals surface area contributed by atoms with E-state index < -0.39 is 12.2 Å². The van der Waals surface area contributed by atoms with Crippen LogP contribution in [0.2, 0.25) is 0 Å². The molecular weight excluding hydrogens is 322 g/mol. The van der Waals surface area contributed by atoms with Crippen molar-refractivity contribution in [3.63, 3.8) is 0 Å². The zero-order chi connectivity index (χ0) is 17.6. The average molecular weight is 344 g/mol. The third-order valence-corrected chi connectivity index (χ3v) is 3.98. The highest BCUT2D eigenvalue weighted by Crippen LogP contribution is 2.29. The topological polar surface area (TPSA) is 82.8 Å². The number of ether oxygens (including phenoxy) is 3. The number of amides is 1. The van der Waals surface area contributed by atoms with E-state index in [0.29, 0.717) is 39.0 Å². The number of hydrogen-bond donors (Lipinski definition) is 2. The van der Waals surface area contributed by atoms with Crippen molar-refractivity contribution in [1.82, 2.24) is 5.32 Å². The molecule has 0 saturated carbocycles. The molecule has 134 valence electrons. The number of nitrogens with two attached hydrogens (primary N) is 1. The fourth-order valence-electron chi connectivity index (χ4n) is 2.52. The van der Waals surface area contributed by atoms with E-state index in [9.17, 15) is 13.6 Å². The maximum atomic E-state index is 12.4. The largest absolute Gasteiger partial charge is 0.493 e. The van der Waals surface area contributed by atoms with Crippen LogP contribution in [-0.2, 0) is 16.0 Å². The van der Waals surface area contributed by atoms with E-state index in [1.165, 1.54) is 13.2 Å². The molecule has 1 fully saturated rings. The van der Waals surface area contributed by atoms with Crippen molar-refractivity contribution in [2.24, 2.45) is 5.73 Å². The van der Waals surface area contributed by atoms with Gasteiger partial charge < -0.3 is 25.3 Å². The summed E-state index contributed by atoms with van der Waals surface area (Å²) in [6, 6.07) is 4.76. The summed E-state index contributed by atoms with van der Waals surface area (Å²) in [5.74, 6) is -0.0226. The molecule has 6 nitrogen and oxygen atoms in total. The SMILES string of the molecule is COc1ccc(CCNC(=O)C2(N)CCOCC2)cc1OC(F)F. The Morgan fingerprint density at radius 2 is 2.08 bits per heavy atom. The molecule has 0 bridgehead atoms. The highest BCUT2D eigenvalue weighted by molar-refractivity contribution is 5.86. The lowest BCUT2D eigenvalue weighted by Crippen LogP contribution is -2.57. The van der Waals surface area contributed by atoms with Crippen LogP contribution >= 0.6 is 0 Å². The lowest BCUT2D eigenvalue weighted by atomic mass is 9.90. The summed E-state index contributed by atoms with van der Waals surface area (Å²) in [6.45, 7) is -1.65. The van der Waals surface area contributed by atoms with Gasteiger partial charge in [0, 0.05) is 19.8 Å². The Kier molecular flexibility index (Phi) is 6.33. The van der Waals surface area contributed by atoms with Crippen LogP contribution in [0.4, 0.5) is 8.78 Å². The number of carbonyl (C=O) groups is 1. The van der Waals surface area contributed by atoms with Crippen molar-refractivity contribution in [1.29, 1.82) is 0 Å². The highest BCUT2D eigenvalue weighted by atomic mass is 19.3. The summed E-state index contributed by atoms with van der Waals surface area (Å²) in [5, 5.41) is 2.79. The van der Waals surface area contributed by atoms with Gasteiger partial charge in [-0.15, -0.1) is 0 Å². The first-order valence-corrected chi connectivity index (χ1v) is 7.71. The zero-order valence-electron chi connectivity index (χ0n) is 13.5. The van der Waals surface area contributed by atoms with Crippen molar-refractivity contribution >= 4 is 5.91 Å². The molecule has 1 heterocycles. The van der Waals surface area contributed by atoms with E-state index >= 15 is 0 Å². The number of nitrogens with one attached hydrogen (secondary N) is 1. The van der Waals surface area contributed by atoms with Gasteiger partial charge in [-0.2, -0.15) is 8.78 Å². The Balaban J connectivity index is 1.90. The van der Waals surface area contributed by atoms with Gasteiger partial charge in [0.25, 0.3) is 0 Å². The Morgan fingerprint density at radius 3 is 2.71 bits per heavy atom. The summed E-state index contributed by atoms with van der Waals surface area (Å²) in [5.41, 5.74) is 5.93. The molecule has 0 aromatic heterocycles. The first-order valence-electron chi connectivity index (χ1n) is 7.71. The van der Waals surface area contributed by atoms with E-state index in [1.807, 2.05) is 0 Å². The van der Waals surface area contributed by atoms with Gasteiger partial charge in [0.05, 0.1) is 12.6 Å². The van der Waals surface area contributed by atoms with Crippen molar-refractivity contribution < 1.29 is 27.8 Å². The Morgan fingerprint density at radius 1 is 1.38 bits per heavy atom. The average Bonchev–Trinajstić information content (AvgIpc) is 2.55. The molecule has 2 rings (SSSR count). The number of alkyl halides is 2. The van der Waals surface area contributed by atoms with Gasteiger partial charge in [0.15, 0.2) is 11.5 Å². The summed E-state index contributed by atoms with van der Waals surface area (Å²) < 4.78 is 39.5. The van der Waals surface area contributed by atoms with Crippen LogP contribution in [0, 0.1) is 0 Å². The smallest absolute Gasteiger partial charge is 0.387 e. The molecule has 0 aliphatic carbocycles. The first-order chi connectivity index (χ1) is 11.4. The normalized spacial score (nSPS) is 16.7. The molecule has 1 amide bonds. The van der Waals surface area contributed by atoms with Gasteiger partial charge in [-0.1, -0.05) is 6.07 Å². The zero-order valence-corrected chi connectivity index (χ0v) is 13.5. The maximum Gasteiger partial charge on any atom is 0.387 e. The molecular formula is C16H22F2N2O4. The van der Waals surface area contributed by atoms with E-state index in [1.54, 1.807) is 12.1 Å². The van der Waals surface area contributed by atoms with Crippen molar-refractivity contribution in [3.05, 3.63) is 23.8 Å². The number of carbonyl (C=O) groups excluding carboxylic acids is 1. The number of hydrogen-bond acceptors (Lipinski definition) is 5. The minimum atomic E-state index is -2.93. The molecule has 0 atom stereocenters. The molecule has 0 radical (unpaired) electrons.